The molecule has 1 saturated heterocycles. The molecule has 1 saturated carbocycles. The van der Waals surface area contributed by atoms with Crippen LogP contribution in [0.1, 0.15) is 59.2 Å². The maximum absolute atomic E-state index is 12.9. The fourth-order valence-corrected chi connectivity index (χ4v) is 3.53. The van der Waals surface area contributed by atoms with Crippen LogP contribution < -0.4 is 0 Å². The lowest BCUT2D eigenvalue weighted by Gasteiger charge is -2.32. The second-order valence-electron chi connectivity index (χ2n) is 7.36. The van der Waals surface area contributed by atoms with E-state index < -0.39 is 11.7 Å². The van der Waals surface area contributed by atoms with Gasteiger partial charge in [-0.25, -0.2) is 0 Å². The van der Waals surface area contributed by atoms with Crippen LogP contribution in [0.15, 0.2) is 28.8 Å². The predicted octanol–water partition coefficient (Wildman–Crippen LogP) is 4.06. The number of piperidine rings is 1. The first-order valence-electron chi connectivity index (χ1n) is 9.19. The van der Waals surface area contributed by atoms with Gasteiger partial charge in [-0.3, -0.25) is 4.79 Å². The van der Waals surface area contributed by atoms with Gasteiger partial charge >= 0.3 is 6.18 Å². The molecule has 2 fully saturated rings. The van der Waals surface area contributed by atoms with Crippen LogP contribution in [0.5, 0.6) is 0 Å². The van der Waals surface area contributed by atoms with Gasteiger partial charge in [-0.1, -0.05) is 11.2 Å². The highest BCUT2D eigenvalue weighted by Crippen LogP contribution is 2.38. The van der Waals surface area contributed by atoms with Gasteiger partial charge < -0.3 is 9.42 Å². The van der Waals surface area contributed by atoms with Crippen LogP contribution in [0.3, 0.4) is 0 Å². The number of hydrogen-bond acceptors (Lipinski definition) is 4. The predicted molar refractivity (Wildman–Crippen MR) is 90.0 cm³/mol. The van der Waals surface area contributed by atoms with Crippen molar-refractivity contribution in [3.05, 3.63) is 47.1 Å². The fraction of sp³-hybridized carbons (Fsp3) is 0.526. The third kappa shape index (κ3) is 4.14. The molecule has 2 aromatic rings. The highest BCUT2D eigenvalue weighted by atomic mass is 19.4. The Balaban J connectivity index is 1.42. The second-order valence-corrected chi connectivity index (χ2v) is 7.36. The van der Waals surface area contributed by atoms with Crippen LogP contribution in [0.25, 0.3) is 0 Å². The van der Waals surface area contributed by atoms with Crippen molar-refractivity contribution in [3.63, 3.8) is 0 Å². The van der Waals surface area contributed by atoms with Gasteiger partial charge in [0.2, 0.25) is 5.89 Å². The topological polar surface area (TPSA) is 59.2 Å². The van der Waals surface area contributed by atoms with E-state index in [1.807, 2.05) is 0 Å². The van der Waals surface area contributed by atoms with Crippen LogP contribution in [0.4, 0.5) is 13.2 Å². The van der Waals surface area contributed by atoms with Crippen molar-refractivity contribution < 1.29 is 22.5 Å². The van der Waals surface area contributed by atoms with Crippen molar-refractivity contribution in [2.24, 2.45) is 5.92 Å². The molecular weight excluding hydrogens is 359 g/mol. The van der Waals surface area contributed by atoms with Crippen molar-refractivity contribution in [1.82, 2.24) is 15.0 Å². The maximum Gasteiger partial charge on any atom is 0.416 e. The molecule has 1 aliphatic carbocycles. The number of halogens is 3. The number of carbonyl (C=O) groups excluding carboxylic acids is 1. The number of rotatable bonds is 4. The molecule has 144 valence electrons. The SMILES string of the molecule is O=C(c1cccc(C(F)(F)F)c1)N1CCCC(Cc2nc(C3CC3)no2)C1. The Labute approximate surface area is 154 Å². The molecule has 8 heteroatoms. The van der Waals surface area contributed by atoms with E-state index in [2.05, 4.69) is 10.1 Å². The number of nitrogens with zero attached hydrogens (tertiary/aromatic N) is 3. The fourth-order valence-electron chi connectivity index (χ4n) is 3.53. The highest BCUT2D eigenvalue weighted by Gasteiger charge is 2.33. The Morgan fingerprint density at radius 2 is 2.07 bits per heavy atom. The molecule has 5 nitrogen and oxygen atoms in total. The lowest BCUT2D eigenvalue weighted by molar-refractivity contribution is -0.137. The molecule has 1 unspecified atom stereocenters. The average Bonchev–Trinajstić information content (AvgIpc) is 3.40. The van der Waals surface area contributed by atoms with Crippen molar-refractivity contribution in [1.29, 1.82) is 0 Å². The van der Waals surface area contributed by atoms with Gasteiger partial charge in [0, 0.05) is 31.0 Å². The van der Waals surface area contributed by atoms with Crippen LogP contribution in [0.2, 0.25) is 0 Å². The van der Waals surface area contributed by atoms with Crippen LogP contribution in [0, 0.1) is 5.92 Å². The molecule has 0 spiro atoms. The smallest absolute Gasteiger partial charge is 0.339 e. The lowest BCUT2D eigenvalue weighted by Crippen LogP contribution is -2.40. The summed E-state index contributed by atoms with van der Waals surface area (Å²) in [5.41, 5.74) is -0.736. The zero-order valence-corrected chi connectivity index (χ0v) is 14.7. The van der Waals surface area contributed by atoms with Crippen molar-refractivity contribution in [2.75, 3.05) is 13.1 Å². The third-order valence-electron chi connectivity index (χ3n) is 5.13. The Bertz CT molecular complexity index is 830. The van der Waals surface area contributed by atoms with Crippen molar-refractivity contribution >= 4 is 5.91 Å². The van der Waals surface area contributed by atoms with Gasteiger partial charge in [0.05, 0.1) is 5.56 Å². The van der Waals surface area contributed by atoms with Crippen LogP contribution in [-0.4, -0.2) is 34.0 Å². The minimum Gasteiger partial charge on any atom is -0.339 e. The first kappa shape index (κ1) is 18.0. The van der Waals surface area contributed by atoms with Crippen molar-refractivity contribution in [3.8, 4) is 0 Å². The molecule has 1 amide bonds. The molecule has 1 aromatic carbocycles. The van der Waals surface area contributed by atoms with Gasteiger partial charge in [0.1, 0.15) is 0 Å². The van der Waals surface area contributed by atoms with E-state index in [0.717, 1.165) is 43.6 Å². The zero-order chi connectivity index (χ0) is 19.0. The normalized spacial score (nSPS) is 20.7. The number of carbonyl (C=O) groups is 1. The molecule has 2 aliphatic rings. The van der Waals surface area contributed by atoms with E-state index in [9.17, 15) is 18.0 Å². The molecule has 0 N–H and O–H groups in total. The summed E-state index contributed by atoms with van der Waals surface area (Å²) < 4.78 is 44.0. The molecule has 0 bridgehead atoms. The van der Waals surface area contributed by atoms with Gasteiger partial charge in [-0.05, 0) is 49.8 Å². The first-order chi connectivity index (χ1) is 12.9. The van der Waals surface area contributed by atoms with Crippen molar-refractivity contribution in [2.45, 2.75) is 44.2 Å². The summed E-state index contributed by atoms with van der Waals surface area (Å²) in [4.78, 5) is 18.7. The molecular formula is C19H20F3N3O2. The van der Waals surface area contributed by atoms with Gasteiger partial charge in [0.25, 0.3) is 5.91 Å². The quantitative estimate of drug-likeness (QED) is 0.804. The Hall–Kier alpha value is -2.38. The van der Waals surface area contributed by atoms with E-state index in [-0.39, 0.29) is 17.4 Å². The molecule has 2 heterocycles. The summed E-state index contributed by atoms with van der Waals surface area (Å²) in [6.45, 7) is 1.03. The molecule has 1 atom stereocenters. The first-order valence-corrected chi connectivity index (χ1v) is 9.19. The number of hydrogen-bond donors (Lipinski definition) is 0. The molecule has 1 aromatic heterocycles. The maximum atomic E-state index is 12.9. The number of benzene rings is 1. The Kier molecular flexibility index (Phi) is 4.65. The van der Waals surface area contributed by atoms with E-state index in [1.165, 1.54) is 12.1 Å². The lowest BCUT2D eigenvalue weighted by atomic mass is 9.94. The Morgan fingerprint density at radius 3 is 2.81 bits per heavy atom. The van der Waals surface area contributed by atoms with Crippen LogP contribution >= 0.6 is 0 Å². The van der Waals surface area contributed by atoms with E-state index >= 15 is 0 Å². The summed E-state index contributed by atoms with van der Waals surface area (Å²) >= 11 is 0. The highest BCUT2D eigenvalue weighted by molar-refractivity contribution is 5.94. The summed E-state index contributed by atoms with van der Waals surface area (Å²) in [6, 6.07) is 4.60. The molecule has 4 rings (SSSR count). The largest absolute Gasteiger partial charge is 0.416 e. The third-order valence-corrected chi connectivity index (χ3v) is 5.13. The second kappa shape index (κ2) is 6.98. The number of aromatic nitrogens is 2. The van der Waals surface area contributed by atoms with Crippen LogP contribution in [-0.2, 0) is 12.6 Å². The Morgan fingerprint density at radius 1 is 1.26 bits per heavy atom. The number of likely N-dealkylation sites (tertiary alicyclic amines) is 1. The van der Waals surface area contributed by atoms with Gasteiger partial charge in [-0.15, -0.1) is 0 Å². The molecule has 1 aliphatic heterocycles. The minimum absolute atomic E-state index is 0.0688. The van der Waals surface area contributed by atoms with Gasteiger partial charge in [-0.2, -0.15) is 18.2 Å². The summed E-state index contributed by atoms with van der Waals surface area (Å²) in [5, 5.41) is 4.00. The molecule has 0 radical (unpaired) electrons. The zero-order valence-electron chi connectivity index (χ0n) is 14.7. The average molecular weight is 379 g/mol. The standard InChI is InChI=1S/C19H20F3N3O2/c20-19(21,22)15-5-1-4-14(10-15)18(26)25-8-2-3-12(11-25)9-16-23-17(24-27-16)13-6-7-13/h1,4-5,10,12-13H,2-3,6-9,11H2. The number of alkyl halides is 3. The summed E-state index contributed by atoms with van der Waals surface area (Å²) in [6.07, 6.45) is 0.0554. The van der Waals surface area contributed by atoms with Gasteiger partial charge in [0.15, 0.2) is 5.82 Å². The van der Waals surface area contributed by atoms with E-state index in [1.54, 1.807) is 4.90 Å². The monoisotopic (exact) mass is 379 g/mol. The number of amides is 1. The molecule has 27 heavy (non-hydrogen) atoms. The van der Waals surface area contributed by atoms with E-state index in [0.29, 0.717) is 31.3 Å². The van der Waals surface area contributed by atoms with E-state index in [4.69, 9.17) is 4.52 Å². The minimum atomic E-state index is -4.46. The summed E-state index contributed by atoms with van der Waals surface area (Å²) in [5.74, 6) is 1.57. The summed E-state index contributed by atoms with van der Waals surface area (Å²) in [7, 11) is 0.